The van der Waals surface area contributed by atoms with Crippen molar-refractivity contribution in [3.63, 3.8) is 0 Å². The minimum Gasteiger partial charge on any atom is -0.381 e. The Morgan fingerprint density at radius 1 is 1.25 bits per heavy atom. The molecule has 0 aromatic carbocycles. The molecule has 0 unspecified atom stereocenters. The average Bonchev–Trinajstić information content (AvgIpc) is 2.17. The van der Waals surface area contributed by atoms with Gasteiger partial charge >= 0.3 is 0 Å². The number of hydrogen-bond acceptors (Lipinski definition) is 2. The van der Waals surface area contributed by atoms with E-state index in [0.29, 0.717) is 5.41 Å². The molecule has 1 rings (SSSR count). The van der Waals surface area contributed by atoms with Crippen molar-refractivity contribution in [3.05, 3.63) is 0 Å². The Bertz CT molecular complexity index is 183. The summed E-state index contributed by atoms with van der Waals surface area (Å²) in [6.45, 7) is 13.5. The molecule has 0 aromatic rings. The van der Waals surface area contributed by atoms with Crippen LogP contribution >= 0.6 is 0 Å². The van der Waals surface area contributed by atoms with Gasteiger partial charge in [0.25, 0.3) is 0 Å². The molecule has 0 atom stereocenters. The quantitative estimate of drug-likeness (QED) is 0.753. The van der Waals surface area contributed by atoms with Crippen molar-refractivity contribution in [1.82, 2.24) is 5.32 Å². The third-order valence-corrected chi connectivity index (χ3v) is 3.34. The van der Waals surface area contributed by atoms with Crippen LogP contribution in [0.4, 0.5) is 0 Å². The maximum Gasteiger partial charge on any atom is 0.0468 e. The summed E-state index contributed by atoms with van der Waals surface area (Å²) in [4.78, 5) is 0. The van der Waals surface area contributed by atoms with Crippen LogP contribution in [-0.4, -0.2) is 26.3 Å². The van der Waals surface area contributed by atoms with Crippen LogP contribution in [0.25, 0.3) is 0 Å². The third-order valence-electron chi connectivity index (χ3n) is 3.34. The molecule has 0 radical (unpaired) electrons. The summed E-state index contributed by atoms with van der Waals surface area (Å²) in [5, 5.41) is 3.58. The van der Waals surface area contributed by atoms with Crippen LogP contribution in [-0.2, 0) is 4.74 Å². The van der Waals surface area contributed by atoms with E-state index in [4.69, 9.17) is 4.74 Å². The maximum atomic E-state index is 5.41. The van der Waals surface area contributed by atoms with Crippen molar-refractivity contribution in [1.29, 1.82) is 0 Å². The lowest BCUT2D eigenvalue weighted by atomic mass is 9.79. The van der Waals surface area contributed by atoms with Gasteiger partial charge in [0.05, 0.1) is 0 Å². The van der Waals surface area contributed by atoms with Crippen LogP contribution in [0, 0.1) is 17.3 Å². The largest absolute Gasteiger partial charge is 0.381 e. The lowest BCUT2D eigenvalue weighted by Gasteiger charge is -2.32. The molecule has 2 nitrogen and oxygen atoms in total. The van der Waals surface area contributed by atoms with Crippen LogP contribution in [0.3, 0.4) is 0 Å². The Morgan fingerprint density at radius 3 is 2.44 bits per heavy atom. The smallest absolute Gasteiger partial charge is 0.0468 e. The van der Waals surface area contributed by atoms with Crippen molar-refractivity contribution in [2.45, 2.75) is 47.0 Å². The zero-order chi connectivity index (χ0) is 12.0. The fourth-order valence-electron chi connectivity index (χ4n) is 2.50. The second-order valence-corrected chi connectivity index (χ2v) is 6.45. The standard InChI is InChI=1S/C14H29NO/c1-12(2)10-15-11-14(3,4)9-13-5-7-16-8-6-13/h12-13,15H,5-11H2,1-4H3. The number of rotatable bonds is 6. The van der Waals surface area contributed by atoms with Crippen molar-refractivity contribution in [2.75, 3.05) is 26.3 Å². The van der Waals surface area contributed by atoms with Gasteiger partial charge in [-0.05, 0) is 43.1 Å². The molecule has 1 aliphatic heterocycles. The summed E-state index contributed by atoms with van der Waals surface area (Å²) in [5.41, 5.74) is 0.427. The molecule has 1 heterocycles. The van der Waals surface area contributed by atoms with Crippen molar-refractivity contribution in [2.24, 2.45) is 17.3 Å². The van der Waals surface area contributed by atoms with Gasteiger partial charge in [0.1, 0.15) is 0 Å². The minimum atomic E-state index is 0.427. The minimum absolute atomic E-state index is 0.427. The van der Waals surface area contributed by atoms with Gasteiger partial charge in [-0.3, -0.25) is 0 Å². The predicted molar refractivity (Wildman–Crippen MR) is 69.6 cm³/mol. The summed E-state index contributed by atoms with van der Waals surface area (Å²) in [6.07, 6.45) is 3.85. The van der Waals surface area contributed by atoms with Crippen LogP contribution in [0.2, 0.25) is 0 Å². The molecule has 0 bridgehead atoms. The van der Waals surface area contributed by atoms with Gasteiger partial charge in [-0.2, -0.15) is 0 Å². The Kier molecular flexibility index (Phi) is 5.77. The molecular formula is C14H29NO. The Balaban J connectivity index is 2.21. The van der Waals surface area contributed by atoms with Crippen LogP contribution in [0.5, 0.6) is 0 Å². The molecule has 1 saturated heterocycles. The van der Waals surface area contributed by atoms with Gasteiger partial charge in [-0.15, -0.1) is 0 Å². The number of nitrogens with one attached hydrogen (secondary N) is 1. The van der Waals surface area contributed by atoms with Gasteiger partial charge in [0, 0.05) is 19.8 Å². The molecule has 0 aromatic heterocycles. The maximum absolute atomic E-state index is 5.41. The van der Waals surface area contributed by atoms with Gasteiger partial charge in [0.15, 0.2) is 0 Å². The first-order chi connectivity index (χ1) is 7.49. The Morgan fingerprint density at radius 2 is 1.88 bits per heavy atom. The Hall–Kier alpha value is -0.0800. The molecule has 0 aliphatic carbocycles. The fourth-order valence-corrected chi connectivity index (χ4v) is 2.50. The topological polar surface area (TPSA) is 21.3 Å². The van der Waals surface area contributed by atoms with E-state index in [1.807, 2.05) is 0 Å². The predicted octanol–water partition coefficient (Wildman–Crippen LogP) is 3.07. The molecule has 0 saturated carbocycles. The van der Waals surface area contributed by atoms with Crippen molar-refractivity contribution < 1.29 is 4.74 Å². The SMILES string of the molecule is CC(C)CNCC(C)(C)CC1CCOCC1. The summed E-state index contributed by atoms with van der Waals surface area (Å²) >= 11 is 0. The highest BCUT2D eigenvalue weighted by Gasteiger charge is 2.24. The molecule has 2 heteroatoms. The van der Waals surface area contributed by atoms with E-state index >= 15 is 0 Å². The van der Waals surface area contributed by atoms with E-state index in [-0.39, 0.29) is 0 Å². The molecule has 0 spiro atoms. The molecule has 1 fully saturated rings. The highest BCUT2D eigenvalue weighted by atomic mass is 16.5. The van der Waals surface area contributed by atoms with E-state index in [2.05, 4.69) is 33.0 Å². The second-order valence-electron chi connectivity index (χ2n) is 6.45. The molecular weight excluding hydrogens is 198 g/mol. The van der Waals surface area contributed by atoms with Crippen LogP contribution < -0.4 is 5.32 Å². The van der Waals surface area contributed by atoms with Gasteiger partial charge in [-0.1, -0.05) is 27.7 Å². The summed E-state index contributed by atoms with van der Waals surface area (Å²) in [5.74, 6) is 1.63. The Labute approximate surface area is 101 Å². The monoisotopic (exact) mass is 227 g/mol. The van der Waals surface area contributed by atoms with Gasteiger partial charge < -0.3 is 10.1 Å². The molecule has 16 heavy (non-hydrogen) atoms. The fraction of sp³-hybridized carbons (Fsp3) is 1.00. The number of hydrogen-bond donors (Lipinski definition) is 1. The van der Waals surface area contributed by atoms with E-state index < -0.39 is 0 Å². The van der Waals surface area contributed by atoms with E-state index in [9.17, 15) is 0 Å². The zero-order valence-electron chi connectivity index (χ0n) is 11.5. The summed E-state index contributed by atoms with van der Waals surface area (Å²) in [7, 11) is 0. The van der Waals surface area contributed by atoms with Gasteiger partial charge in [0.2, 0.25) is 0 Å². The van der Waals surface area contributed by atoms with Crippen molar-refractivity contribution >= 4 is 0 Å². The number of ether oxygens (including phenoxy) is 1. The second kappa shape index (κ2) is 6.61. The first kappa shape index (κ1) is 14.0. The van der Waals surface area contributed by atoms with Crippen LogP contribution in [0.1, 0.15) is 47.0 Å². The third kappa shape index (κ3) is 5.86. The van der Waals surface area contributed by atoms with Crippen LogP contribution in [0.15, 0.2) is 0 Å². The highest BCUT2D eigenvalue weighted by Crippen LogP contribution is 2.30. The normalized spacial score (nSPS) is 19.3. The van der Waals surface area contributed by atoms with E-state index in [0.717, 1.165) is 38.1 Å². The molecule has 0 amide bonds. The first-order valence-corrected chi connectivity index (χ1v) is 6.78. The summed E-state index contributed by atoms with van der Waals surface area (Å²) in [6, 6.07) is 0. The molecule has 1 aliphatic rings. The highest BCUT2D eigenvalue weighted by molar-refractivity contribution is 4.77. The molecule has 96 valence electrons. The zero-order valence-corrected chi connectivity index (χ0v) is 11.5. The average molecular weight is 227 g/mol. The van der Waals surface area contributed by atoms with E-state index in [1.54, 1.807) is 0 Å². The lowest BCUT2D eigenvalue weighted by Crippen LogP contribution is -2.34. The van der Waals surface area contributed by atoms with Crippen molar-refractivity contribution in [3.8, 4) is 0 Å². The first-order valence-electron chi connectivity index (χ1n) is 6.78. The summed E-state index contributed by atoms with van der Waals surface area (Å²) < 4.78 is 5.41. The van der Waals surface area contributed by atoms with Gasteiger partial charge in [-0.25, -0.2) is 0 Å². The lowest BCUT2D eigenvalue weighted by molar-refractivity contribution is 0.0511. The van der Waals surface area contributed by atoms with E-state index in [1.165, 1.54) is 19.3 Å². The molecule has 1 N–H and O–H groups in total.